The van der Waals surface area contributed by atoms with E-state index in [1.165, 1.54) is 30.3 Å². The third kappa shape index (κ3) is 4.79. The van der Waals surface area contributed by atoms with E-state index in [-0.39, 0.29) is 17.0 Å². The van der Waals surface area contributed by atoms with Crippen LogP contribution in [0.25, 0.3) is 0 Å². The molecule has 0 atom stereocenters. The number of pyridine rings is 1. The highest BCUT2D eigenvalue weighted by atomic mass is 32.2. The second-order valence-electron chi connectivity index (χ2n) is 5.85. The number of carbonyl (C=O) groups is 1. The van der Waals surface area contributed by atoms with E-state index in [1.54, 1.807) is 42.7 Å². The maximum atomic E-state index is 12.5. The van der Waals surface area contributed by atoms with Gasteiger partial charge >= 0.3 is 0 Å². The van der Waals surface area contributed by atoms with Crippen LogP contribution in [0.1, 0.15) is 21.5 Å². The third-order valence-electron chi connectivity index (χ3n) is 3.87. The van der Waals surface area contributed by atoms with E-state index in [9.17, 15) is 13.2 Å². The number of rotatable bonds is 6. The summed E-state index contributed by atoms with van der Waals surface area (Å²) in [6, 6.07) is 17.6. The van der Waals surface area contributed by atoms with E-state index >= 15 is 0 Å². The number of aromatic nitrogens is 1. The van der Waals surface area contributed by atoms with Crippen LogP contribution < -0.4 is 10.0 Å². The molecule has 1 amide bonds. The normalized spacial score (nSPS) is 10.8. The Morgan fingerprint density at radius 1 is 1.04 bits per heavy atom. The number of nitrogens with zero attached hydrogens (tertiary/aromatic N) is 2. The summed E-state index contributed by atoms with van der Waals surface area (Å²) in [7, 11) is -3.79. The SMILES string of the molecule is N#Cc1cccc(NC(=O)c2cccc(S(=O)(=O)NCc3ccncc3)c2)c1. The zero-order chi connectivity index (χ0) is 20.0. The minimum absolute atomic E-state index is 0.0139. The summed E-state index contributed by atoms with van der Waals surface area (Å²) in [4.78, 5) is 16.3. The van der Waals surface area contributed by atoms with Crippen LogP contribution in [0, 0.1) is 11.3 Å². The maximum Gasteiger partial charge on any atom is 0.255 e. The summed E-state index contributed by atoms with van der Waals surface area (Å²) in [5, 5.41) is 11.6. The number of anilines is 1. The van der Waals surface area contributed by atoms with Crippen molar-refractivity contribution < 1.29 is 13.2 Å². The van der Waals surface area contributed by atoms with Gasteiger partial charge in [-0.25, -0.2) is 13.1 Å². The van der Waals surface area contributed by atoms with E-state index in [2.05, 4.69) is 15.0 Å². The van der Waals surface area contributed by atoms with E-state index in [4.69, 9.17) is 5.26 Å². The molecule has 0 bridgehead atoms. The fraction of sp³-hybridized carbons (Fsp3) is 0.0500. The zero-order valence-corrected chi connectivity index (χ0v) is 15.5. The molecule has 0 radical (unpaired) electrons. The average Bonchev–Trinajstić information content (AvgIpc) is 2.73. The van der Waals surface area contributed by atoms with Gasteiger partial charge in [-0.05, 0) is 54.1 Å². The molecule has 28 heavy (non-hydrogen) atoms. The summed E-state index contributed by atoms with van der Waals surface area (Å²) >= 11 is 0. The number of nitriles is 1. The van der Waals surface area contributed by atoms with Crippen LogP contribution in [-0.2, 0) is 16.6 Å². The first kappa shape index (κ1) is 19.2. The van der Waals surface area contributed by atoms with Crippen molar-refractivity contribution in [3.8, 4) is 6.07 Å². The van der Waals surface area contributed by atoms with Crippen molar-refractivity contribution in [2.24, 2.45) is 0 Å². The van der Waals surface area contributed by atoms with Gasteiger partial charge in [-0.3, -0.25) is 9.78 Å². The molecule has 0 saturated heterocycles. The van der Waals surface area contributed by atoms with Crippen molar-refractivity contribution in [1.82, 2.24) is 9.71 Å². The highest BCUT2D eigenvalue weighted by Gasteiger charge is 2.16. The smallest absolute Gasteiger partial charge is 0.255 e. The molecule has 0 fully saturated rings. The second-order valence-corrected chi connectivity index (χ2v) is 7.62. The van der Waals surface area contributed by atoms with Gasteiger partial charge in [0.05, 0.1) is 16.5 Å². The standard InChI is InChI=1S/C20H16N4O3S/c21-13-16-3-1-5-18(11-16)24-20(25)17-4-2-6-19(12-17)28(26,27)23-14-15-7-9-22-10-8-15/h1-12,23H,14H2,(H,24,25). The molecule has 0 aliphatic heterocycles. The van der Waals surface area contributed by atoms with Gasteiger partial charge in [-0.15, -0.1) is 0 Å². The van der Waals surface area contributed by atoms with Gasteiger partial charge in [0.1, 0.15) is 0 Å². The van der Waals surface area contributed by atoms with Gasteiger partial charge in [0, 0.05) is 30.2 Å². The molecule has 1 aromatic heterocycles. The van der Waals surface area contributed by atoms with Crippen molar-refractivity contribution in [3.63, 3.8) is 0 Å². The Hall–Kier alpha value is -3.54. The number of sulfonamides is 1. The lowest BCUT2D eigenvalue weighted by molar-refractivity contribution is 0.102. The van der Waals surface area contributed by atoms with Crippen LogP contribution in [0.2, 0.25) is 0 Å². The molecule has 8 heteroatoms. The van der Waals surface area contributed by atoms with E-state index in [0.717, 1.165) is 5.56 Å². The van der Waals surface area contributed by atoms with Gasteiger partial charge in [-0.2, -0.15) is 5.26 Å². The number of benzene rings is 2. The van der Waals surface area contributed by atoms with Crippen molar-refractivity contribution in [2.75, 3.05) is 5.32 Å². The average molecular weight is 392 g/mol. The Kier molecular flexibility index (Phi) is 5.79. The quantitative estimate of drug-likeness (QED) is 0.670. The minimum atomic E-state index is -3.79. The Labute approximate surface area is 162 Å². The molecule has 2 N–H and O–H groups in total. The first-order valence-corrected chi connectivity index (χ1v) is 9.76. The summed E-state index contributed by atoms with van der Waals surface area (Å²) in [6.45, 7) is 0.113. The summed E-state index contributed by atoms with van der Waals surface area (Å²) < 4.78 is 27.6. The van der Waals surface area contributed by atoms with Crippen LogP contribution in [-0.4, -0.2) is 19.3 Å². The van der Waals surface area contributed by atoms with Crippen molar-refractivity contribution in [1.29, 1.82) is 5.26 Å². The van der Waals surface area contributed by atoms with Crippen LogP contribution in [0.15, 0.2) is 78.0 Å². The Morgan fingerprint density at radius 3 is 2.54 bits per heavy atom. The Balaban J connectivity index is 1.75. The lowest BCUT2D eigenvalue weighted by Gasteiger charge is -2.09. The van der Waals surface area contributed by atoms with Gasteiger partial charge in [0.2, 0.25) is 10.0 Å². The van der Waals surface area contributed by atoms with Gasteiger partial charge in [-0.1, -0.05) is 12.1 Å². The number of hydrogen-bond donors (Lipinski definition) is 2. The topological polar surface area (TPSA) is 112 Å². The highest BCUT2D eigenvalue weighted by molar-refractivity contribution is 7.89. The zero-order valence-electron chi connectivity index (χ0n) is 14.7. The monoisotopic (exact) mass is 392 g/mol. The minimum Gasteiger partial charge on any atom is -0.322 e. The fourth-order valence-electron chi connectivity index (χ4n) is 2.44. The largest absolute Gasteiger partial charge is 0.322 e. The summed E-state index contributed by atoms with van der Waals surface area (Å²) in [5.74, 6) is -0.471. The second kappa shape index (κ2) is 8.43. The Morgan fingerprint density at radius 2 is 1.79 bits per heavy atom. The van der Waals surface area contributed by atoms with Crippen LogP contribution in [0.3, 0.4) is 0 Å². The van der Waals surface area contributed by atoms with Gasteiger partial charge in [0.25, 0.3) is 5.91 Å². The lowest BCUT2D eigenvalue weighted by Crippen LogP contribution is -2.23. The molecule has 1 heterocycles. The number of hydrogen-bond acceptors (Lipinski definition) is 5. The van der Waals surface area contributed by atoms with Gasteiger partial charge in [0.15, 0.2) is 0 Å². The molecule has 3 aromatic rings. The predicted octanol–water partition coefficient (Wildman–Crippen LogP) is 2.68. The molecule has 7 nitrogen and oxygen atoms in total. The third-order valence-corrected chi connectivity index (χ3v) is 5.27. The predicted molar refractivity (Wildman–Crippen MR) is 104 cm³/mol. The molecule has 0 spiro atoms. The molecule has 0 saturated carbocycles. The van der Waals surface area contributed by atoms with Crippen molar-refractivity contribution in [3.05, 3.63) is 89.7 Å². The molecule has 2 aromatic carbocycles. The molecule has 0 unspecified atom stereocenters. The Bertz CT molecular complexity index is 1140. The highest BCUT2D eigenvalue weighted by Crippen LogP contribution is 2.15. The molecule has 3 rings (SSSR count). The first-order chi connectivity index (χ1) is 13.5. The molecular formula is C20H16N4O3S. The first-order valence-electron chi connectivity index (χ1n) is 8.28. The van der Waals surface area contributed by atoms with Crippen LogP contribution in [0.5, 0.6) is 0 Å². The fourth-order valence-corrected chi connectivity index (χ4v) is 3.50. The van der Waals surface area contributed by atoms with E-state index in [0.29, 0.717) is 11.3 Å². The number of nitrogens with one attached hydrogen (secondary N) is 2. The maximum absolute atomic E-state index is 12.5. The van der Waals surface area contributed by atoms with Crippen LogP contribution >= 0.6 is 0 Å². The molecule has 140 valence electrons. The summed E-state index contributed by atoms with van der Waals surface area (Å²) in [5.41, 5.74) is 1.82. The lowest BCUT2D eigenvalue weighted by atomic mass is 10.2. The summed E-state index contributed by atoms with van der Waals surface area (Å²) in [6.07, 6.45) is 3.16. The van der Waals surface area contributed by atoms with Gasteiger partial charge < -0.3 is 5.32 Å². The molecular weight excluding hydrogens is 376 g/mol. The van der Waals surface area contributed by atoms with E-state index < -0.39 is 15.9 Å². The number of amides is 1. The van der Waals surface area contributed by atoms with E-state index in [1.807, 2.05) is 6.07 Å². The van der Waals surface area contributed by atoms with Crippen molar-refractivity contribution in [2.45, 2.75) is 11.4 Å². The van der Waals surface area contributed by atoms with Crippen LogP contribution in [0.4, 0.5) is 5.69 Å². The molecule has 0 aliphatic carbocycles. The van der Waals surface area contributed by atoms with Crippen molar-refractivity contribution >= 4 is 21.6 Å². The number of carbonyl (C=O) groups excluding carboxylic acids is 1. The molecule has 0 aliphatic rings.